The summed E-state index contributed by atoms with van der Waals surface area (Å²) in [6.45, 7) is 0. The van der Waals surface area contributed by atoms with Crippen LogP contribution in [0.3, 0.4) is 0 Å². The predicted octanol–water partition coefficient (Wildman–Crippen LogP) is 1.94. The van der Waals surface area contributed by atoms with Gasteiger partial charge in [-0.2, -0.15) is 13.2 Å². The number of halogens is 3. The number of nitrogens with zero attached hydrogens (tertiary/aromatic N) is 2. The fourth-order valence-corrected chi connectivity index (χ4v) is 1.13. The molecular formula is C8H6F3N3. The van der Waals surface area contributed by atoms with Crippen molar-refractivity contribution < 1.29 is 13.2 Å². The zero-order valence-corrected chi connectivity index (χ0v) is 6.92. The Morgan fingerprint density at radius 1 is 1.36 bits per heavy atom. The van der Waals surface area contributed by atoms with Gasteiger partial charge in [0.1, 0.15) is 5.65 Å². The highest BCUT2D eigenvalue weighted by Gasteiger charge is 2.33. The molecule has 3 nitrogen and oxygen atoms in total. The van der Waals surface area contributed by atoms with Crippen LogP contribution in [-0.2, 0) is 6.18 Å². The first-order valence-electron chi connectivity index (χ1n) is 3.78. The van der Waals surface area contributed by atoms with Gasteiger partial charge in [-0.05, 0) is 6.07 Å². The minimum Gasteiger partial charge on any atom is -0.399 e. The third-order valence-corrected chi connectivity index (χ3v) is 1.77. The fourth-order valence-electron chi connectivity index (χ4n) is 1.13. The monoisotopic (exact) mass is 201 g/mol. The van der Waals surface area contributed by atoms with E-state index in [-0.39, 0.29) is 5.65 Å². The number of fused-ring (bicyclic) bond motifs is 1. The minimum absolute atomic E-state index is 0.192. The van der Waals surface area contributed by atoms with Crippen LogP contribution in [0.2, 0.25) is 0 Å². The molecule has 6 heteroatoms. The molecule has 0 amide bonds. The normalized spacial score (nSPS) is 12.2. The number of rotatable bonds is 0. The number of imidazole rings is 1. The Bertz CT molecular complexity index is 472. The van der Waals surface area contributed by atoms with Gasteiger partial charge in [-0.3, -0.25) is 0 Å². The van der Waals surface area contributed by atoms with Crippen LogP contribution in [-0.4, -0.2) is 9.38 Å². The van der Waals surface area contributed by atoms with E-state index >= 15 is 0 Å². The average Bonchev–Trinajstić information content (AvgIpc) is 2.45. The zero-order valence-electron chi connectivity index (χ0n) is 6.92. The van der Waals surface area contributed by atoms with E-state index in [4.69, 9.17) is 5.73 Å². The number of anilines is 1. The van der Waals surface area contributed by atoms with E-state index in [0.29, 0.717) is 5.69 Å². The van der Waals surface area contributed by atoms with Crippen molar-refractivity contribution in [2.24, 2.45) is 0 Å². The van der Waals surface area contributed by atoms with Crippen molar-refractivity contribution in [3.05, 3.63) is 30.2 Å². The molecule has 0 fully saturated rings. The van der Waals surface area contributed by atoms with Crippen LogP contribution in [0.1, 0.15) is 5.69 Å². The van der Waals surface area contributed by atoms with Crippen molar-refractivity contribution in [2.75, 3.05) is 5.73 Å². The number of hydrogen-bond donors (Lipinski definition) is 1. The number of pyridine rings is 1. The van der Waals surface area contributed by atoms with Crippen LogP contribution < -0.4 is 5.73 Å². The third-order valence-electron chi connectivity index (χ3n) is 1.77. The third kappa shape index (κ3) is 1.39. The molecule has 0 bridgehead atoms. The number of alkyl halides is 3. The van der Waals surface area contributed by atoms with Gasteiger partial charge in [0.15, 0.2) is 5.69 Å². The molecule has 0 saturated heterocycles. The lowest BCUT2D eigenvalue weighted by Gasteiger charge is -1.98. The van der Waals surface area contributed by atoms with Gasteiger partial charge in [-0.25, -0.2) is 4.98 Å². The van der Waals surface area contributed by atoms with Crippen LogP contribution in [0.25, 0.3) is 5.65 Å². The summed E-state index contributed by atoms with van der Waals surface area (Å²) < 4.78 is 37.9. The summed E-state index contributed by atoms with van der Waals surface area (Å²) in [5.74, 6) is 0. The number of hydrogen-bond acceptors (Lipinski definition) is 2. The maximum Gasteiger partial charge on any atom is 0.434 e. The quantitative estimate of drug-likeness (QED) is 0.707. The van der Waals surface area contributed by atoms with Gasteiger partial charge in [0.05, 0.1) is 0 Å². The van der Waals surface area contributed by atoms with E-state index in [9.17, 15) is 13.2 Å². The molecule has 0 aliphatic heterocycles. The molecule has 2 N–H and O–H groups in total. The smallest absolute Gasteiger partial charge is 0.399 e. The van der Waals surface area contributed by atoms with Crippen molar-refractivity contribution in [2.45, 2.75) is 6.18 Å². The van der Waals surface area contributed by atoms with Crippen LogP contribution in [0, 0.1) is 0 Å². The Hall–Kier alpha value is -1.72. The maximum absolute atomic E-state index is 12.2. The summed E-state index contributed by atoms with van der Waals surface area (Å²) in [5.41, 5.74) is 5.07. The van der Waals surface area contributed by atoms with Gasteiger partial charge in [0.25, 0.3) is 0 Å². The van der Waals surface area contributed by atoms with Crippen molar-refractivity contribution in [1.82, 2.24) is 9.38 Å². The highest BCUT2D eigenvalue weighted by Crippen LogP contribution is 2.28. The van der Waals surface area contributed by atoms with Gasteiger partial charge in [0, 0.05) is 24.1 Å². The zero-order chi connectivity index (χ0) is 10.3. The summed E-state index contributed by atoms with van der Waals surface area (Å²) in [6, 6.07) is 2.89. The maximum atomic E-state index is 12.2. The first-order chi connectivity index (χ1) is 6.47. The second-order valence-electron chi connectivity index (χ2n) is 2.85. The molecule has 14 heavy (non-hydrogen) atoms. The molecule has 0 aliphatic rings. The predicted molar refractivity (Wildman–Crippen MR) is 44.6 cm³/mol. The van der Waals surface area contributed by atoms with Crippen molar-refractivity contribution >= 4 is 11.3 Å². The molecule has 0 aromatic carbocycles. The first-order valence-corrected chi connectivity index (χ1v) is 3.78. The summed E-state index contributed by atoms with van der Waals surface area (Å²) >= 11 is 0. The van der Waals surface area contributed by atoms with Gasteiger partial charge in [0.2, 0.25) is 0 Å². The van der Waals surface area contributed by atoms with Crippen molar-refractivity contribution in [1.29, 1.82) is 0 Å². The minimum atomic E-state index is -4.42. The summed E-state index contributed by atoms with van der Waals surface area (Å²) in [5, 5.41) is 0. The summed E-state index contributed by atoms with van der Waals surface area (Å²) in [7, 11) is 0. The van der Waals surface area contributed by atoms with Gasteiger partial charge < -0.3 is 10.1 Å². The number of nitrogen functional groups attached to an aromatic ring is 1. The van der Waals surface area contributed by atoms with Gasteiger partial charge >= 0.3 is 6.18 Å². The van der Waals surface area contributed by atoms with Crippen LogP contribution >= 0.6 is 0 Å². The molecule has 0 saturated carbocycles. The Balaban J connectivity index is 2.63. The Labute approximate surface area is 77.0 Å². The molecule has 2 aromatic rings. The Morgan fingerprint density at radius 3 is 2.71 bits per heavy atom. The number of aromatic nitrogens is 2. The lowest BCUT2D eigenvalue weighted by Crippen LogP contribution is -2.04. The molecule has 74 valence electrons. The Morgan fingerprint density at radius 2 is 2.07 bits per heavy atom. The second kappa shape index (κ2) is 2.63. The summed E-state index contributed by atoms with van der Waals surface area (Å²) in [6.07, 6.45) is -2.05. The second-order valence-corrected chi connectivity index (χ2v) is 2.85. The first kappa shape index (κ1) is 8.86. The van der Waals surface area contributed by atoms with E-state index in [1.54, 1.807) is 0 Å². The summed E-state index contributed by atoms with van der Waals surface area (Å²) in [4.78, 5) is 3.40. The van der Waals surface area contributed by atoms with Crippen LogP contribution in [0.15, 0.2) is 24.5 Å². The molecule has 0 unspecified atom stereocenters. The van der Waals surface area contributed by atoms with Gasteiger partial charge in [-0.1, -0.05) is 0 Å². The molecule has 2 heterocycles. The molecular weight excluding hydrogens is 195 g/mol. The molecule has 0 spiro atoms. The standard InChI is InChI=1S/C8H6F3N3/c9-8(10,11)6-4-14-2-1-5(12)3-7(14)13-6/h1-4H,12H2. The average molecular weight is 201 g/mol. The van der Waals surface area contributed by atoms with Crippen molar-refractivity contribution in [3.8, 4) is 0 Å². The Kier molecular flexibility index (Phi) is 1.67. The molecule has 0 aliphatic carbocycles. The van der Waals surface area contributed by atoms with Crippen LogP contribution in [0.5, 0.6) is 0 Å². The van der Waals surface area contributed by atoms with Gasteiger partial charge in [-0.15, -0.1) is 0 Å². The fraction of sp³-hybridized carbons (Fsp3) is 0.125. The molecule has 0 atom stereocenters. The van der Waals surface area contributed by atoms with E-state index < -0.39 is 11.9 Å². The highest BCUT2D eigenvalue weighted by molar-refractivity contribution is 5.52. The van der Waals surface area contributed by atoms with E-state index in [1.165, 1.54) is 22.7 Å². The van der Waals surface area contributed by atoms with E-state index in [0.717, 1.165) is 6.20 Å². The molecule has 2 aromatic heterocycles. The van der Waals surface area contributed by atoms with Crippen molar-refractivity contribution in [3.63, 3.8) is 0 Å². The molecule has 2 rings (SSSR count). The van der Waals surface area contributed by atoms with E-state index in [1.807, 2.05) is 0 Å². The lowest BCUT2D eigenvalue weighted by atomic mass is 10.4. The highest BCUT2D eigenvalue weighted by atomic mass is 19.4. The lowest BCUT2D eigenvalue weighted by molar-refractivity contribution is -0.140. The largest absolute Gasteiger partial charge is 0.434 e. The number of nitrogens with two attached hydrogens (primary N) is 1. The SMILES string of the molecule is Nc1ccn2cc(C(F)(F)F)nc2c1. The van der Waals surface area contributed by atoms with Crippen LogP contribution in [0.4, 0.5) is 18.9 Å². The topological polar surface area (TPSA) is 43.3 Å². The molecule has 0 radical (unpaired) electrons. The van der Waals surface area contributed by atoms with E-state index in [2.05, 4.69) is 4.98 Å².